The SMILES string of the molecule is CC(=O)O.O=[Si]=O. The molecule has 0 aromatic carbocycles. The highest BCUT2D eigenvalue weighted by Crippen LogP contribution is 1.42. The molecule has 0 atom stereocenters. The van der Waals surface area contributed by atoms with Crippen LogP contribution in [-0.2, 0) is 13.7 Å². The Labute approximate surface area is 42.1 Å². The Morgan fingerprint density at radius 2 is 1.57 bits per heavy atom. The molecule has 0 saturated carbocycles. The average molecular weight is 120 g/mol. The van der Waals surface area contributed by atoms with Gasteiger partial charge in [-0.3, -0.25) is 13.7 Å². The van der Waals surface area contributed by atoms with Crippen molar-refractivity contribution in [3.05, 3.63) is 0 Å². The summed E-state index contributed by atoms with van der Waals surface area (Å²) in [5, 5.41) is 7.42. The Bertz CT molecular complexity index is 77.7. The zero-order valence-corrected chi connectivity index (χ0v) is 4.67. The third kappa shape index (κ3) is 112. The summed E-state index contributed by atoms with van der Waals surface area (Å²) in [6.45, 7) is 1.08. The monoisotopic (exact) mass is 120 g/mol. The Hall–Kier alpha value is -0.713. The molecule has 0 heterocycles. The summed E-state index contributed by atoms with van der Waals surface area (Å²) in [6, 6.07) is 0. The van der Waals surface area contributed by atoms with Crippen LogP contribution in [0.4, 0.5) is 0 Å². The lowest BCUT2D eigenvalue weighted by Crippen LogP contribution is -1.78. The number of aliphatic carboxylic acids is 1. The van der Waals surface area contributed by atoms with Crippen molar-refractivity contribution in [2.75, 3.05) is 0 Å². The number of rotatable bonds is 0. The third-order valence-electron chi connectivity index (χ3n) is 0. The van der Waals surface area contributed by atoms with Gasteiger partial charge in [0.25, 0.3) is 5.97 Å². The van der Waals surface area contributed by atoms with E-state index >= 15 is 0 Å². The molecule has 5 heteroatoms. The van der Waals surface area contributed by atoms with Gasteiger partial charge in [-0.15, -0.1) is 0 Å². The van der Waals surface area contributed by atoms with Crippen molar-refractivity contribution >= 4 is 15.3 Å². The molecule has 0 aromatic rings. The fourth-order valence-electron chi connectivity index (χ4n) is 0. The van der Waals surface area contributed by atoms with E-state index in [9.17, 15) is 0 Å². The van der Waals surface area contributed by atoms with Gasteiger partial charge in [0, 0.05) is 6.92 Å². The van der Waals surface area contributed by atoms with Crippen LogP contribution in [0.5, 0.6) is 0 Å². The zero-order valence-electron chi connectivity index (χ0n) is 3.67. The number of carboxylic acids is 1. The highest BCUT2D eigenvalue weighted by molar-refractivity contribution is 5.94. The van der Waals surface area contributed by atoms with E-state index in [4.69, 9.17) is 18.8 Å². The quantitative estimate of drug-likeness (QED) is 0.436. The van der Waals surface area contributed by atoms with Gasteiger partial charge in [-0.2, -0.15) is 0 Å². The molecule has 0 radical (unpaired) electrons. The summed E-state index contributed by atoms with van der Waals surface area (Å²) in [4.78, 5) is 9.00. The van der Waals surface area contributed by atoms with Gasteiger partial charge in [-0.25, -0.2) is 0 Å². The van der Waals surface area contributed by atoms with Crippen molar-refractivity contribution < 1.29 is 18.8 Å². The lowest BCUT2D eigenvalue weighted by atomic mass is 10.9. The molecule has 0 unspecified atom stereocenters. The number of carbonyl (C=O) groups is 1. The second kappa shape index (κ2) is 8.99. The first-order valence-corrected chi connectivity index (χ1v) is 2.15. The van der Waals surface area contributed by atoms with Crippen LogP contribution in [0.15, 0.2) is 0 Å². The molecule has 0 aliphatic rings. The molecular weight excluding hydrogens is 116 g/mol. The standard InChI is InChI=1S/C2H4O2.O2Si/c1-2(3)4;1-3-2/h1H3,(H,3,4);. The highest BCUT2D eigenvalue weighted by atomic mass is 28.2. The predicted molar refractivity (Wildman–Crippen MR) is 20.4 cm³/mol. The average Bonchev–Trinajstić information content (AvgIpc) is 1.33. The molecule has 0 fully saturated rings. The minimum atomic E-state index is -1.42. The zero-order chi connectivity index (χ0) is 6.28. The van der Waals surface area contributed by atoms with Gasteiger partial charge in [-0.1, -0.05) is 0 Å². The van der Waals surface area contributed by atoms with E-state index in [1.807, 2.05) is 0 Å². The summed E-state index contributed by atoms with van der Waals surface area (Å²) in [5.41, 5.74) is 0. The van der Waals surface area contributed by atoms with E-state index in [1.165, 1.54) is 0 Å². The molecule has 40 valence electrons. The molecule has 1 N–H and O–H groups in total. The Kier molecular flexibility index (Phi) is 12.3. The number of hydrogen-bond donors (Lipinski definition) is 1. The smallest absolute Gasteiger partial charge is 0.481 e. The summed E-state index contributed by atoms with van der Waals surface area (Å²) >= 11 is 0. The van der Waals surface area contributed by atoms with Crippen molar-refractivity contribution in [2.24, 2.45) is 0 Å². The molecule has 0 spiro atoms. The molecule has 0 amide bonds. The van der Waals surface area contributed by atoms with Gasteiger partial charge in [0.1, 0.15) is 0 Å². The van der Waals surface area contributed by atoms with E-state index < -0.39 is 15.3 Å². The van der Waals surface area contributed by atoms with Gasteiger partial charge in [0.2, 0.25) is 0 Å². The first-order valence-electron chi connectivity index (χ1n) is 1.34. The maximum absolute atomic E-state index is 9.00. The first-order chi connectivity index (χ1) is 3.15. The second-order valence-corrected chi connectivity index (χ2v) is 0.769. The topological polar surface area (TPSA) is 71.4 Å². The third-order valence-corrected chi connectivity index (χ3v) is 0. The minimum Gasteiger partial charge on any atom is -0.481 e. The molecule has 0 aliphatic heterocycles. The first kappa shape index (κ1) is 9.56. The van der Waals surface area contributed by atoms with Crippen LogP contribution in [0, 0.1) is 0 Å². The van der Waals surface area contributed by atoms with Gasteiger partial charge in [0.15, 0.2) is 0 Å². The van der Waals surface area contributed by atoms with Gasteiger partial charge < -0.3 is 5.11 Å². The molecule has 0 aromatic heterocycles. The summed E-state index contributed by atoms with van der Waals surface area (Å²) in [7, 11) is -1.42. The molecule has 0 aliphatic carbocycles. The van der Waals surface area contributed by atoms with Crippen LogP contribution in [0.2, 0.25) is 0 Å². The van der Waals surface area contributed by atoms with Crippen LogP contribution in [0.1, 0.15) is 6.92 Å². The highest BCUT2D eigenvalue weighted by Gasteiger charge is 1.65. The van der Waals surface area contributed by atoms with E-state index in [1.54, 1.807) is 0 Å². The summed E-state index contributed by atoms with van der Waals surface area (Å²) < 4.78 is 16.8. The van der Waals surface area contributed by atoms with Crippen LogP contribution in [0.3, 0.4) is 0 Å². The fourth-order valence-corrected chi connectivity index (χ4v) is 0. The molecule has 4 nitrogen and oxygen atoms in total. The normalized spacial score (nSPS) is 4.71. The molecule has 0 rings (SSSR count). The summed E-state index contributed by atoms with van der Waals surface area (Å²) in [5.74, 6) is -0.833. The Morgan fingerprint density at radius 1 is 1.57 bits per heavy atom. The van der Waals surface area contributed by atoms with Crippen molar-refractivity contribution in [3.8, 4) is 0 Å². The predicted octanol–water partition coefficient (Wildman–Crippen LogP) is -0.528. The van der Waals surface area contributed by atoms with Crippen LogP contribution in [-0.4, -0.2) is 20.4 Å². The fraction of sp³-hybridized carbons (Fsp3) is 0.500. The lowest BCUT2D eigenvalue weighted by Gasteiger charge is -1.59. The maximum atomic E-state index is 9.00. The molecule has 7 heavy (non-hydrogen) atoms. The van der Waals surface area contributed by atoms with Crippen molar-refractivity contribution in [3.63, 3.8) is 0 Å². The Balaban J connectivity index is 0. The largest absolute Gasteiger partial charge is 0.549 e. The van der Waals surface area contributed by atoms with E-state index in [0.717, 1.165) is 6.92 Å². The van der Waals surface area contributed by atoms with E-state index in [0.29, 0.717) is 0 Å². The van der Waals surface area contributed by atoms with Gasteiger partial charge in [-0.05, 0) is 0 Å². The van der Waals surface area contributed by atoms with Crippen LogP contribution < -0.4 is 0 Å². The second-order valence-electron chi connectivity index (χ2n) is 0.602. The Morgan fingerprint density at radius 3 is 1.57 bits per heavy atom. The van der Waals surface area contributed by atoms with Crippen molar-refractivity contribution in [1.82, 2.24) is 0 Å². The van der Waals surface area contributed by atoms with Crippen molar-refractivity contribution in [1.29, 1.82) is 0 Å². The lowest BCUT2D eigenvalue weighted by molar-refractivity contribution is -0.134. The molecule has 0 saturated heterocycles. The minimum absolute atomic E-state index is 0.833. The number of carboxylic acid groups (broad SMARTS) is 1. The van der Waals surface area contributed by atoms with Gasteiger partial charge in [0.05, 0.1) is 0 Å². The molecule has 0 bridgehead atoms. The van der Waals surface area contributed by atoms with Crippen LogP contribution >= 0.6 is 0 Å². The maximum Gasteiger partial charge on any atom is 0.549 e. The van der Waals surface area contributed by atoms with Crippen LogP contribution in [0.25, 0.3) is 0 Å². The molecular formula is C2H4O4Si. The van der Waals surface area contributed by atoms with E-state index in [2.05, 4.69) is 0 Å². The summed E-state index contributed by atoms with van der Waals surface area (Å²) in [6.07, 6.45) is 0. The van der Waals surface area contributed by atoms with Gasteiger partial charge >= 0.3 is 9.29 Å². The number of hydrogen-bond acceptors (Lipinski definition) is 3. The van der Waals surface area contributed by atoms with E-state index in [-0.39, 0.29) is 0 Å². The van der Waals surface area contributed by atoms with Crippen molar-refractivity contribution in [2.45, 2.75) is 6.92 Å².